The number of aromatic nitrogens is 1. The highest BCUT2D eigenvalue weighted by Gasteiger charge is 2.13. The fourth-order valence-electron chi connectivity index (χ4n) is 6.10. The van der Waals surface area contributed by atoms with E-state index in [1.165, 1.54) is 85.8 Å². The summed E-state index contributed by atoms with van der Waals surface area (Å²) in [7, 11) is 3.96. The van der Waals surface area contributed by atoms with Crippen molar-refractivity contribution in [1.82, 2.24) is 4.90 Å². The number of allylic oxidation sites excluding steroid dienone is 3. The van der Waals surface area contributed by atoms with Crippen LogP contribution in [0.15, 0.2) is 103 Å². The number of nitrogens with zero attached hydrogens (tertiary/aromatic N) is 4. The van der Waals surface area contributed by atoms with E-state index in [0.717, 1.165) is 31.1 Å². The van der Waals surface area contributed by atoms with Gasteiger partial charge in [0.25, 0.3) is 0 Å². The van der Waals surface area contributed by atoms with Crippen molar-refractivity contribution in [2.45, 2.75) is 32.2 Å². The van der Waals surface area contributed by atoms with Crippen LogP contribution in [0.1, 0.15) is 42.5 Å². The van der Waals surface area contributed by atoms with Crippen molar-refractivity contribution in [3.63, 3.8) is 0 Å². The minimum absolute atomic E-state index is 0.978. The zero-order chi connectivity index (χ0) is 29.8. The summed E-state index contributed by atoms with van der Waals surface area (Å²) in [6.07, 6.45) is 23.1. The smallest absolute Gasteiger partial charge is 0.205 e. The predicted octanol–water partition coefficient (Wildman–Crippen LogP) is 8.20. The standard InChI is InChI=1S/C38H45N4S2/c1-3-23-41(35(9-1)17-11-33-13-19-37(20-14-33)39-25-5-6-26-39)29-31-43-44-32-30-42-24-4-2-10-36(42)18-12-34-15-21-38(22-16-34)40-27-7-8-28-40/h1-4,9-23H,5-8,24-32H2/q+1. The average Bonchev–Trinajstić information content (AvgIpc) is 3.82. The Bertz CT molecular complexity index is 1450. The Labute approximate surface area is 272 Å². The summed E-state index contributed by atoms with van der Waals surface area (Å²) in [5, 5.41) is 0. The number of aryl methyl sites for hydroxylation is 1. The molecular formula is C38H45N4S2+. The van der Waals surface area contributed by atoms with Crippen molar-refractivity contribution in [1.29, 1.82) is 0 Å². The number of hydrogen-bond donors (Lipinski definition) is 0. The third-order valence-electron chi connectivity index (χ3n) is 8.63. The normalized spacial score (nSPS) is 17.0. The molecule has 0 unspecified atom stereocenters. The van der Waals surface area contributed by atoms with E-state index in [1.807, 2.05) is 21.6 Å². The summed E-state index contributed by atoms with van der Waals surface area (Å²) >= 11 is 0. The maximum Gasteiger partial charge on any atom is 0.205 e. The first kappa shape index (κ1) is 30.7. The van der Waals surface area contributed by atoms with E-state index in [4.69, 9.17) is 0 Å². The average molecular weight is 622 g/mol. The Balaban J connectivity index is 0.930. The Morgan fingerprint density at radius 3 is 1.93 bits per heavy atom. The molecule has 4 nitrogen and oxygen atoms in total. The maximum atomic E-state index is 2.49. The van der Waals surface area contributed by atoms with Gasteiger partial charge >= 0.3 is 0 Å². The monoisotopic (exact) mass is 621 g/mol. The van der Waals surface area contributed by atoms with Gasteiger partial charge in [-0.15, -0.1) is 0 Å². The molecule has 0 spiro atoms. The SMILES string of the molecule is C1=CCN(CCSSCC[n+]2ccccc2C=Cc2ccc(N3CCCC3)cc2)C(C=Cc2ccc(N3CCCC3)cc2)=C1. The lowest BCUT2D eigenvalue weighted by atomic mass is 10.1. The van der Waals surface area contributed by atoms with E-state index in [1.54, 1.807) is 0 Å². The van der Waals surface area contributed by atoms with Crippen LogP contribution in [0.5, 0.6) is 0 Å². The lowest BCUT2D eigenvalue weighted by Crippen LogP contribution is -2.37. The van der Waals surface area contributed by atoms with Crippen LogP contribution in [-0.2, 0) is 6.54 Å². The second-order valence-electron chi connectivity index (χ2n) is 11.7. The van der Waals surface area contributed by atoms with E-state index < -0.39 is 0 Å². The maximum absolute atomic E-state index is 2.49. The summed E-state index contributed by atoms with van der Waals surface area (Å²) in [6, 6.07) is 24.5. The molecule has 4 heterocycles. The molecule has 44 heavy (non-hydrogen) atoms. The summed E-state index contributed by atoms with van der Waals surface area (Å²) in [4.78, 5) is 7.46. The molecule has 3 aliphatic rings. The first-order valence-corrected chi connectivity index (χ1v) is 18.7. The van der Waals surface area contributed by atoms with Crippen molar-refractivity contribution in [3.8, 4) is 0 Å². The topological polar surface area (TPSA) is 13.6 Å². The largest absolute Gasteiger partial charge is 0.372 e. The molecule has 1 aromatic heterocycles. The molecule has 2 aromatic carbocycles. The van der Waals surface area contributed by atoms with Gasteiger partial charge in [0.15, 0.2) is 12.7 Å². The van der Waals surface area contributed by atoms with Gasteiger partial charge in [-0.3, -0.25) is 0 Å². The van der Waals surface area contributed by atoms with E-state index in [9.17, 15) is 0 Å². The predicted molar refractivity (Wildman–Crippen MR) is 194 cm³/mol. The molecular weight excluding hydrogens is 577 g/mol. The molecule has 0 aliphatic carbocycles. The van der Waals surface area contributed by atoms with Gasteiger partial charge in [-0.25, -0.2) is 0 Å². The van der Waals surface area contributed by atoms with Gasteiger partial charge in [0.2, 0.25) is 5.69 Å². The van der Waals surface area contributed by atoms with Crippen molar-refractivity contribution < 1.29 is 4.57 Å². The van der Waals surface area contributed by atoms with Gasteiger partial charge in [-0.05, 0) is 85.4 Å². The molecule has 0 atom stereocenters. The second-order valence-corrected chi connectivity index (χ2v) is 14.4. The van der Waals surface area contributed by atoms with Gasteiger partial charge in [-0.1, -0.05) is 64.1 Å². The third kappa shape index (κ3) is 8.64. The molecule has 0 radical (unpaired) electrons. The fraction of sp³-hybridized carbons (Fsp3) is 0.342. The van der Waals surface area contributed by atoms with Crippen LogP contribution in [0.3, 0.4) is 0 Å². The van der Waals surface area contributed by atoms with Crippen LogP contribution in [-0.4, -0.2) is 55.7 Å². The lowest BCUT2D eigenvalue weighted by molar-refractivity contribution is -0.694. The third-order valence-corrected chi connectivity index (χ3v) is 11.0. The van der Waals surface area contributed by atoms with Crippen LogP contribution in [0.25, 0.3) is 18.2 Å². The second kappa shape index (κ2) is 16.1. The Morgan fingerprint density at radius 2 is 1.27 bits per heavy atom. The van der Waals surface area contributed by atoms with Gasteiger partial charge in [-0.2, -0.15) is 4.57 Å². The molecule has 0 amide bonds. The zero-order valence-electron chi connectivity index (χ0n) is 25.8. The van der Waals surface area contributed by atoms with Crippen molar-refractivity contribution >= 4 is 51.2 Å². The Kier molecular flexibility index (Phi) is 11.2. The molecule has 6 heteroatoms. The minimum Gasteiger partial charge on any atom is -0.372 e. The molecule has 3 aliphatic heterocycles. The van der Waals surface area contributed by atoms with Crippen molar-refractivity contribution in [3.05, 3.63) is 120 Å². The molecule has 0 bridgehead atoms. The van der Waals surface area contributed by atoms with Crippen molar-refractivity contribution in [2.75, 3.05) is 60.6 Å². The molecule has 6 rings (SSSR count). The Hall–Kier alpha value is -3.35. The highest BCUT2D eigenvalue weighted by atomic mass is 33.1. The summed E-state index contributed by atoms with van der Waals surface area (Å²) in [6.45, 7) is 7.80. The molecule has 0 saturated carbocycles. The number of anilines is 2. The van der Waals surface area contributed by atoms with Crippen molar-refractivity contribution in [2.24, 2.45) is 0 Å². The number of rotatable bonds is 13. The highest BCUT2D eigenvalue weighted by molar-refractivity contribution is 8.76. The van der Waals surface area contributed by atoms with Crippen LogP contribution in [0, 0.1) is 0 Å². The van der Waals surface area contributed by atoms with Crippen LogP contribution < -0.4 is 14.4 Å². The van der Waals surface area contributed by atoms with Gasteiger partial charge in [0.05, 0.1) is 5.75 Å². The molecule has 3 aromatic rings. The zero-order valence-corrected chi connectivity index (χ0v) is 27.4. The Morgan fingerprint density at radius 1 is 0.659 bits per heavy atom. The summed E-state index contributed by atoms with van der Waals surface area (Å²) < 4.78 is 2.36. The highest BCUT2D eigenvalue weighted by Crippen LogP contribution is 2.24. The van der Waals surface area contributed by atoms with Gasteiger partial charge in [0.1, 0.15) is 0 Å². The molecule has 228 valence electrons. The molecule has 0 N–H and O–H groups in total. The van der Waals surface area contributed by atoms with Crippen LogP contribution in [0.2, 0.25) is 0 Å². The number of pyridine rings is 1. The van der Waals surface area contributed by atoms with E-state index in [-0.39, 0.29) is 0 Å². The van der Waals surface area contributed by atoms with Crippen LogP contribution >= 0.6 is 21.6 Å². The van der Waals surface area contributed by atoms with Gasteiger partial charge < -0.3 is 14.7 Å². The van der Waals surface area contributed by atoms with E-state index in [2.05, 4.69) is 135 Å². The minimum atomic E-state index is 0.978. The quantitative estimate of drug-likeness (QED) is 0.108. The first-order valence-electron chi connectivity index (χ1n) is 16.2. The summed E-state index contributed by atoms with van der Waals surface area (Å²) in [5.41, 5.74) is 7.75. The van der Waals surface area contributed by atoms with E-state index >= 15 is 0 Å². The van der Waals surface area contributed by atoms with Crippen LogP contribution in [0.4, 0.5) is 11.4 Å². The molecule has 2 fully saturated rings. The van der Waals surface area contributed by atoms with Gasteiger partial charge in [0, 0.05) is 80.3 Å². The fourth-order valence-corrected chi connectivity index (χ4v) is 8.05. The van der Waals surface area contributed by atoms with E-state index in [0.29, 0.717) is 0 Å². The number of benzene rings is 2. The first-order chi connectivity index (χ1) is 21.8. The molecule has 2 saturated heterocycles. The number of hydrogen-bond acceptors (Lipinski definition) is 5. The summed E-state index contributed by atoms with van der Waals surface area (Å²) in [5.74, 6) is 2.19. The lowest BCUT2D eigenvalue weighted by Gasteiger charge is -2.26.